The molecular weight excluding hydrogens is 282 g/mol. The Morgan fingerprint density at radius 3 is 2.50 bits per heavy atom. The first-order valence-electron chi connectivity index (χ1n) is 6.07. The molecule has 0 amide bonds. The molecule has 7 heteroatoms. The van der Waals surface area contributed by atoms with Gasteiger partial charge in [0.25, 0.3) is 0 Å². The van der Waals surface area contributed by atoms with Gasteiger partial charge in [-0.1, -0.05) is 18.2 Å². The Hall–Kier alpha value is -1.18. The van der Waals surface area contributed by atoms with Crippen LogP contribution in [0.4, 0.5) is 5.69 Å². The third kappa shape index (κ3) is 2.79. The number of aliphatic hydroxyl groups is 4. The molecule has 5 unspecified atom stereocenters. The summed E-state index contributed by atoms with van der Waals surface area (Å²) in [5.41, 5.74) is 0.952. The molecule has 0 radical (unpaired) electrons. The van der Waals surface area contributed by atoms with Crippen molar-refractivity contribution < 1.29 is 25.2 Å². The third-order valence-electron chi connectivity index (χ3n) is 3.30. The molecule has 1 aromatic carbocycles. The lowest BCUT2D eigenvalue weighted by atomic mass is 9.90. The van der Waals surface area contributed by atoms with Crippen molar-refractivity contribution in [3.05, 3.63) is 29.8 Å². The van der Waals surface area contributed by atoms with Gasteiger partial charge in [0.1, 0.15) is 30.5 Å². The topological polar surface area (TPSA) is 103 Å². The van der Waals surface area contributed by atoms with E-state index in [1.165, 1.54) is 0 Å². The van der Waals surface area contributed by atoms with Crippen LogP contribution >= 0.6 is 12.2 Å². The Morgan fingerprint density at radius 1 is 1.15 bits per heavy atom. The number of nitrogens with zero attached hydrogens (tertiary/aromatic N) is 1. The number of rotatable bonds is 3. The molecule has 1 fully saturated rings. The summed E-state index contributed by atoms with van der Waals surface area (Å²) >= 11 is 4.56. The fourth-order valence-corrected chi connectivity index (χ4v) is 2.34. The van der Waals surface area contributed by atoms with Crippen molar-refractivity contribution in [1.82, 2.24) is 0 Å². The van der Waals surface area contributed by atoms with Crippen LogP contribution in [0.25, 0.3) is 0 Å². The number of hydrogen-bond donors (Lipinski definition) is 4. The predicted octanol–water partition coefficient (Wildman–Crippen LogP) is -0.0642. The third-order valence-corrected chi connectivity index (χ3v) is 3.39. The van der Waals surface area contributed by atoms with Crippen LogP contribution in [-0.2, 0) is 4.74 Å². The molecule has 1 saturated heterocycles. The van der Waals surface area contributed by atoms with Gasteiger partial charge in [0.2, 0.25) is 0 Å². The second kappa shape index (κ2) is 6.51. The predicted molar refractivity (Wildman–Crippen MR) is 73.8 cm³/mol. The van der Waals surface area contributed by atoms with Crippen LogP contribution in [-0.4, -0.2) is 56.6 Å². The molecule has 2 rings (SSSR count). The van der Waals surface area contributed by atoms with Gasteiger partial charge in [-0.15, -0.1) is 0 Å². The van der Waals surface area contributed by atoms with Crippen LogP contribution in [0.15, 0.2) is 29.3 Å². The molecule has 5 atom stereocenters. The zero-order chi connectivity index (χ0) is 14.7. The highest BCUT2D eigenvalue weighted by molar-refractivity contribution is 7.78. The van der Waals surface area contributed by atoms with E-state index in [1.54, 1.807) is 24.3 Å². The van der Waals surface area contributed by atoms with Crippen LogP contribution in [0.2, 0.25) is 0 Å². The zero-order valence-corrected chi connectivity index (χ0v) is 11.3. The molecule has 0 aromatic heterocycles. The van der Waals surface area contributed by atoms with E-state index in [-0.39, 0.29) is 0 Å². The van der Waals surface area contributed by atoms with Gasteiger partial charge < -0.3 is 25.2 Å². The van der Waals surface area contributed by atoms with E-state index in [1.807, 2.05) is 0 Å². The molecule has 0 aliphatic carbocycles. The summed E-state index contributed by atoms with van der Waals surface area (Å²) in [4.78, 5) is 3.88. The van der Waals surface area contributed by atoms with Gasteiger partial charge >= 0.3 is 0 Å². The monoisotopic (exact) mass is 297 g/mol. The first-order valence-corrected chi connectivity index (χ1v) is 6.48. The Labute approximate surface area is 121 Å². The van der Waals surface area contributed by atoms with Crippen molar-refractivity contribution in [2.45, 2.75) is 30.5 Å². The highest BCUT2D eigenvalue weighted by atomic mass is 32.1. The number of hydrogen-bond acceptors (Lipinski definition) is 7. The fraction of sp³-hybridized carbons (Fsp3) is 0.462. The Balaban J connectivity index is 2.38. The number of para-hydroxylation sites is 1. The van der Waals surface area contributed by atoms with Gasteiger partial charge in [0.05, 0.1) is 17.5 Å². The van der Waals surface area contributed by atoms with Crippen molar-refractivity contribution >= 4 is 23.1 Å². The minimum atomic E-state index is -1.42. The van der Waals surface area contributed by atoms with E-state index < -0.39 is 37.1 Å². The molecule has 6 nitrogen and oxygen atoms in total. The van der Waals surface area contributed by atoms with Crippen molar-refractivity contribution in [3.8, 4) is 0 Å². The SMILES string of the molecule is OCC1OC(c2ccccc2N=C=S)C(O)C(O)C1O. The fourth-order valence-electron chi connectivity index (χ4n) is 2.24. The maximum atomic E-state index is 10.1. The van der Waals surface area contributed by atoms with Crippen LogP contribution in [0.3, 0.4) is 0 Å². The van der Waals surface area contributed by atoms with E-state index in [4.69, 9.17) is 4.74 Å². The highest BCUT2D eigenvalue weighted by Crippen LogP contribution is 2.36. The number of thiocarbonyl (C=S) groups is 1. The summed E-state index contributed by atoms with van der Waals surface area (Å²) in [5.74, 6) is 0. The van der Waals surface area contributed by atoms with Crippen LogP contribution < -0.4 is 0 Å². The lowest BCUT2D eigenvalue weighted by Gasteiger charge is -2.40. The van der Waals surface area contributed by atoms with Crippen LogP contribution in [0.5, 0.6) is 0 Å². The van der Waals surface area contributed by atoms with Gasteiger partial charge in [-0.2, -0.15) is 4.99 Å². The Bertz CT molecular complexity index is 517. The summed E-state index contributed by atoms with van der Waals surface area (Å²) in [6.07, 6.45) is -6.02. The molecule has 1 aromatic rings. The molecular formula is C13H15NO5S. The lowest BCUT2D eigenvalue weighted by molar-refractivity contribution is -0.231. The maximum Gasteiger partial charge on any atom is 0.114 e. The van der Waals surface area contributed by atoms with Gasteiger partial charge in [-0.25, -0.2) is 0 Å². The number of isothiocyanates is 1. The van der Waals surface area contributed by atoms with Crippen molar-refractivity contribution in [1.29, 1.82) is 0 Å². The van der Waals surface area contributed by atoms with Gasteiger partial charge in [0.15, 0.2) is 0 Å². The molecule has 0 bridgehead atoms. The second-order valence-corrected chi connectivity index (χ2v) is 4.69. The summed E-state index contributed by atoms with van der Waals surface area (Å²) in [5, 5.41) is 41.0. The average Bonchev–Trinajstić information content (AvgIpc) is 2.47. The normalized spacial score (nSPS) is 33.5. The average molecular weight is 297 g/mol. The van der Waals surface area contributed by atoms with E-state index in [0.717, 1.165) is 0 Å². The Morgan fingerprint density at radius 2 is 1.85 bits per heavy atom. The van der Waals surface area contributed by atoms with Gasteiger partial charge in [-0.3, -0.25) is 0 Å². The van der Waals surface area contributed by atoms with Crippen molar-refractivity contribution in [2.75, 3.05) is 6.61 Å². The summed E-state index contributed by atoms with van der Waals surface area (Å²) in [6, 6.07) is 6.78. The largest absolute Gasteiger partial charge is 0.394 e. The van der Waals surface area contributed by atoms with Crippen LogP contribution in [0, 0.1) is 0 Å². The van der Waals surface area contributed by atoms with E-state index in [2.05, 4.69) is 22.4 Å². The molecule has 4 N–H and O–H groups in total. The summed E-state index contributed by atoms with van der Waals surface area (Å²) in [7, 11) is 0. The summed E-state index contributed by atoms with van der Waals surface area (Å²) in [6.45, 7) is -0.472. The second-order valence-electron chi connectivity index (χ2n) is 4.51. The maximum absolute atomic E-state index is 10.1. The van der Waals surface area contributed by atoms with Crippen LogP contribution in [0.1, 0.15) is 11.7 Å². The molecule has 0 saturated carbocycles. The minimum Gasteiger partial charge on any atom is -0.394 e. The first-order chi connectivity index (χ1) is 9.60. The van der Waals surface area contributed by atoms with Crippen molar-refractivity contribution in [3.63, 3.8) is 0 Å². The van der Waals surface area contributed by atoms with Crippen molar-refractivity contribution in [2.24, 2.45) is 4.99 Å². The number of ether oxygens (including phenoxy) is 1. The number of aliphatic hydroxyl groups excluding tert-OH is 4. The highest BCUT2D eigenvalue weighted by Gasteiger charge is 2.44. The number of benzene rings is 1. The molecule has 1 aliphatic rings. The minimum absolute atomic E-state index is 0.451. The first kappa shape index (κ1) is 15.2. The molecule has 1 aliphatic heterocycles. The quantitative estimate of drug-likeness (QED) is 0.460. The summed E-state index contributed by atoms with van der Waals surface area (Å²) < 4.78 is 5.47. The molecule has 108 valence electrons. The molecule has 20 heavy (non-hydrogen) atoms. The van der Waals surface area contributed by atoms with Gasteiger partial charge in [0, 0.05) is 5.56 Å². The lowest BCUT2D eigenvalue weighted by Crippen LogP contribution is -2.55. The molecule has 0 spiro atoms. The smallest absolute Gasteiger partial charge is 0.114 e. The Kier molecular flexibility index (Phi) is 4.95. The van der Waals surface area contributed by atoms with Gasteiger partial charge in [-0.05, 0) is 18.3 Å². The molecule has 1 heterocycles. The zero-order valence-electron chi connectivity index (χ0n) is 10.5. The number of aliphatic imine (C=N–C) groups is 1. The van der Waals surface area contributed by atoms with E-state index in [9.17, 15) is 20.4 Å². The van der Waals surface area contributed by atoms with E-state index in [0.29, 0.717) is 11.3 Å². The standard InChI is InChI=1S/C13H15NO5S/c15-5-9-10(16)11(17)12(18)13(19-9)7-3-1-2-4-8(7)14-6-20/h1-4,9-13,15-18H,5H2. The van der Waals surface area contributed by atoms with E-state index >= 15 is 0 Å².